The van der Waals surface area contributed by atoms with Crippen LogP contribution in [-0.2, 0) is 62.4 Å². The number of unbranched alkanes of at least 4 members (excludes halogenated alkanes) is 4. The van der Waals surface area contributed by atoms with E-state index in [0.29, 0.717) is 129 Å². The first-order chi connectivity index (χ1) is 53.8. The van der Waals surface area contributed by atoms with Crippen LogP contribution in [-0.4, -0.2) is 151 Å². The number of carbonyl (C=O) groups excluding carboxylic acids is 4. The lowest BCUT2D eigenvalue weighted by molar-refractivity contribution is -0.334. The van der Waals surface area contributed by atoms with Crippen LogP contribution in [0.5, 0.6) is 0 Å². The second-order valence-corrected chi connectivity index (χ2v) is 29.6. The number of carbonyl (C=O) groups is 4. The number of nitrogen functional groups attached to an aromatic ring is 12. The third-order valence-corrected chi connectivity index (χ3v) is 13.3. The van der Waals surface area contributed by atoms with E-state index in [1.54, 1.807) is 50.0 Å². The number of nitrogens with two attached hydrogens (primary N) is 12. The Morgan fingerprint density at radius 3 is 0.570 bits per heavy atom. The SMILES string of the molecule is CS(C)=O.CS(C)=O.CS(C)=O.CS(C)=O.Nc1nc(N)c2nc(-c3ccccc3)c(N)nc2[nH+]1.Nc1nc(N)c2nc(-c3ccccc3)c(N)nc2[nH+]1.Nc1nc(N)c2nc(-c3ccccc3)c(N)nc2[nH+]1.Nc1nc(N)c2nc(-c3ccccc3)c(N)nc2[nH+]1.O=C([O-])CCCCCC(=O)[O-].O=C([O-])CCCCCC(=O)[O-]. The minimum Gasteiger partial charge on any atom is -0.550 e. The predicted molar refractivity (Wildman–Crippen MR) is 436 cm³/mol. The van der Waals surface area contributed by atoms with E-state index in [4.69, 9.17) is 68.8 Å². The molecule has 12 aromatic rings. The van der Waals surface area contributed by atoms with Gasteiger partial charge in [0.1, 0.15) is 22.8 Å². The van der Waals surface area contributed by atoms with Gasteiger partial charge in [0.15, 0.2) is 22.1 Å². The number of anilines is 12. The van der Waals surface area contributed by atoms with Crippen molar-refractivity contribution in [3.63, 3.8) is 0 Å². The highest BCUT2D eigenvalue weighted by molar-refractivity contribution is 7.84. The molecule has 0 unspecified atom stereocenters. The van der Waals surface area contributed by atoms with Crippen molar-refractivity contribution < 1.29 is 76.4 Å². The van der Waals surface area contributed by atoms with E-state index in [2.05, 4.69) is 79.7 Å². The molecule has 0 atom stereocenters. The van der Waals surface area contributed by atoms with Crippen LogP contribution < -0.4 is 109 Å². The number of fused-ring (bicyclic) bond motifs is 4. The van der Waals surface area contributed by atoms with Crippen molar-refractivity contribution in [2.24, 2.45) is 0 Å². The molecule has 0 amide bonds. The number of H-pyrrole nitrogens is 4. The van der Waals surface area contributed by atoms with Gasteiger partial charge in [-0.1, -0.05) is 154 Å². The first-order valence-electron chi connectivity index (χ1n) is 33.5. The number of rotatable bonds is 16. The molecule has 44 heteroatoms. The fraction of sp³-hybridized carbons (Fsp3) is 0.257. The predicted octanol–water partition coefficient (Wildman–Crippen LogP) is -2.14. The number of hydrogen-bond donors (Lipinski definition) is 12. The summed E-state index contributed by atoms with van der Waals surface area (Å²) in [5, 5.41) is 39.4. The maximum absolute atomic E-state index is 9.86. The Bertz CT molecular complexity index is 4600. The Labute approximate surface area is 664 Å². The number of carboxylic acids is 4. The monoisotopic (exact) mass is 1640 g/mol. The van der Waals surface area contributed by atoms with E-state index < -0.39 is 67.1 Å². The number of nitrogens with one attached hydrogen (secondary N) is 4. The van der Waals surface area contributed by atoms with E-state index in [-0.39, 0.29) is 72.7 Å². The van der Waals surface area contributed by atoms with Crippen LogP contribution in [0, 0.1) is 0 Å². The molecule has 28 N–H and O–H groups in total. The fourth-order valence-electron chi connectivity index (χ4n) is 8.85. The van der Waals surface area contributed by atoms with Crippen molar-refractivity contribution in [3.05, 3.63) is 121 Å². The van der Waals surface area contributed by atoms with Gasteiger partial charge < -0.3 is 108 Å². The van der Waals surface area contributed by atoms with Gasteiger partial charge in [0, 0.05) is 139 Å². The maximum atomic E-state index is 9.86. The van der Waals surface area contributed by atoms with Gasteiger partial charge in [-0.15, -0.1) is 19.9 Å². The number of nitrogens with zero attached hydrogens (tertiary/aromatic N) is 12. The second kappa shape index (κ2) is 49.0. The Hall–Kier alpha value is -13.4. The van der Waals surface area contributed by atoms with Crippen LogP contribution in [0.2, 0.25) is 0 Å². The van der Waals surface area contributed by atoms with Gasteiger partial charge in [0.05, 0.1) is 0 Å². The molecule has 8 heterocycles. The van der Waals surface area contributed by atoms with E-state index in [1.165, 1.54) is 0 Å². The third kappa shape index (κ3) is 35.6. The first-order valence-corrected chi connectivity index (χ1v) is 41.3. The summed E-state index contributed by atoms with van der Waals surface area (Å²) in [6.45, 7) is 0. The largest absolute Gasteiger partial charge is 0.550 e. The number of hydrogen-bond acceptors (Lipinski definition) is 36. The number of aromatic nitrogens is 16. The summed E-state index contributed by atoms with van der Waals surface area (Å²) in [4.78, 5) is 101. The van der Waals surface area contributed by atoms with E-state index in [9.17, 15) is 56.4 Å². The van der Waals surface area contributed by atoms with E-state index >= 15 is 0 Å². The Balaban J connectivity index is 0.000000344. The highest BCUT2D eigenvalue weighted by Crippen LogP contribution is 2.29. The summed E-state index contributed by atoms with van der Waals surface area (Å²) in [7, 11) is -2.44. The zero-order chi connectivity index (χ0) is 85.3. The lowest BCUT2D eigenvalue weighted by atomic mass is 10.1. The minimum absolute atomic E-state index is 0.00699. The molecule has 0 spiro atoms. The normalized spacial score (nSPS) is 10.2. The number of aromatic amines is 4. The van der Waals surface area contributed by atoms with Crippen molar-refractivity contribution in [2.75, 3.05) is 119 Å². The molecule has 0 saturated heterocycles. The Kier molecular flexibility index (Phi) is 40.8. The molecular weight excluding hydrogens is 1550 g/mol. The average molecular weight is 1650 g/mol. The lowest BCUT2D eigenvalue weighted by Gasteiger charge is -2.04. The average Bonchev–Trinajstić information content (AvgIpc) is 0.808. The van der Waals surface area contributed by atoms with Crippen LogP contribution in [0.3, 0.4) is 0 Å². The van der Waals surface area contributed by atoms with Crippen molar-refractivity contribution in [1.82, 2.24) is 59.8 Å². The zero-order valence-corrected chi connectivity index (χ0v) is 66.7. The fourth-order valence-corrected chi connectivity index (χ4v) is 8.85. The first kappa shape index (κ1) is 94.8. The van der Waals surface area contributed by atoms with Crippen LogP contribution >= 0.6 is 0 Å². The van der Waals surface area contributed by atoms with Crippen LogP contribution in [0.1, 0.15) is 64.2 Å². The van der Waals surface area contributed by atoms with Gasteiger partial charge in [0.25, 0.3) is 22.6 Å². The highest BCUT2D eigenvalue weighted by atomic mass is 32.2. The van der Waals surface area contributed by atoms with Crippen LogP contribution in [0.4, 0.5) is 70.3 Å². The quantitative estimate of drug-likeness (QED) is 0.0459. The molecule has 608 valence electrons. The van der Waals surface area contributed by atoms with Crippen molar-refractivity contribution in [2.45, 2.75) is 64.2 Å². The van der Waals surface area contributed by atoms with Crippen molar-refractivity contribution >= 4 is 182 Å². The van der Waals surface area contributed by atoms with Gasteiger partial charge >= 0.3 is 23.8 Å². The van der Waals surface area contributed by atoms with E-state index in [1.807, 2.05) is 121 Å². The van der Waals surface area contributed by atoms with E-state index in [0.717, 1.165) is 22.3 Å². The van der Waals surface area contributed by atoms with Crippen molar-refractivity contribution in [1.29, 1.82) is 0 Å². The lowest BCUT2D eigenvalue weighted by Crippen LogP contribution is -2.22. The summed E-state index contributed by atoms with van der Waals surface area (Å²) in [5.41, 5.74) is 78.4. The molecule has 0 bridgehead atoms. The number of carboxylic acid groups (broad SMARTS) is 4. The molecule has 0 radical (unpaired) electrons. The summed E-state index contributed by atoms with van der Waals surface area (Å²) < 4.78 is 38.2. The van der Waals surface area contributed by atoms with Gasteiger partial charge in [-0.2, -0.15) is 0 Å². The van der Waals surface area contributed by atoms with Gasteiger partial charge in [-0.25, -0.2) is 39.9 Å². The molecule has 0 aliphatic heterocycles. The molecular formula is C70H92N28O12S4. The summed E-state index contributed by atoms with van der Waals surface area (Å²) >= 11 is 0. The standard InChI is InChI=1S/4C12H11N7.2C7H12O4.4C2H6OS/c4*13-9-7(6-4-2-1-3-5-6)16-8-10(14)18-12(15)19-11(8)17-9;2*8-6(9)4-2-1-3-5-7(10)11;4*1-4(2)3/h4*1-5H,(H6,13,14,15,17,18,19);2*1-5H2,(H,8,9)(H,10,11);4*1-2H3. The topological polar surface area (TPSA) is 752 Å². The smallest absolute Gasteiger partial charge is 0.344 e. The molecule has 40 nitrogen and oxygen atoms in total. The van der Waals surface area contributed by atoms with Gasteiger partial charge in [-0.3, -0.25) is 16.8 Å². The highest BCUT2D eigenvalue weighted by Gasteiger charge is 2.21. The second-order valence-electron chi connectivity index (χ2n) is 23.7. The molecule has 0 saturated carbocycles. The van der Waals surface area contributed by atoms with Crippen molar-refractivity contribution in [3.8, 4) is 45.0 Å². The molecule has 0 aliphatic rings. The Morgan fingerprint density at radius 1 is 0.263 bits per heavy atom. The van der Waals surface area contributed by atoms with Crippen LogP contribution in [0.25, 0.3) is 89.7 Å². The summed E-state index contributed by atoms with van der Waals surface area (Å²) in [5.74, 6) is -1.55. The molecule has 4 aromatic carbocycles. The number of benzene rings is 4. The molecule has 12 rings (SSSR count). The third-order valence-electron chi connectivity index (χ3n) is 13.3. The molecule has 114 heavy (non-hydrogen) atoms. The van der Waals surface area contributed by atoms with Gasteiger partial charge in [0.2, 0.25) is 46.5 Å². The molecule has 8 aromatic heterocycles. The maximum Gasteiger partial charge on any atom is 0.344 e. The summed E-state index contributed by atoms with van der Waals surface area (Å²) in [6, 6.07) is 38.1. The van der Waals surface area contributed by atoms with Crippen LogP contribution in [0.15, 0.2) is 121 Å². The molecule has 0 fully saturated rings. The zero-order valence-electron chi connectivity index (χ0n) is 63.4. The molecule has 0 aliphatic carbocycles. The minimum atomic E-state index is -1.08. The Morgan fingerprint density at radius 2 is 0.421 bits per heavy atom. The number of aliphatic carboxylic acids is 4. The summed E-state index contributed by atoms with van der Waals surface area (Å²) in [6.07, 6.45) is 16.3. The van der Waals surface area contributed by atoms with Gasteiger partial charge in [-0.05, 0) is 51.4 Å².